The van der Waals surface area contributed by atoms with Crippen molar-refractivity contribution in [3.8, 4) is 29.1 Å². The number of carbonyl (C=O) groups is 3. The molecule has 0 aromatic heterocycles. The van der Waals surface area contributed by atoms with Gasteiger partial charge in [-0.3, -0.25) is 14.4 Å². The second kappa shape index (κ2) is 22.7. The second-order valence-electron chi connectivity index (χ2n) is 13.7. The monoisotopic (exact) mass is 835 g/mol. The fourth-order valence-corrected chi connectivity index (χ4v) is 6.89. The van der Waals surface area contributed by atoms with E-state index in [1.807, 2.05) is 6.07 Å². The van der Waals surface area contributed by atoms with Gasteiger partial charge in [0.1, 0.15) is 23.0 Å². The lowest BCUT2D eigenvalue weighted by Gasteiger charge is -2.20. The summed E-state index contributed by atoms with van der Waals surface area (Å²) in [6.07, 6.45) is 6.53. The highest BCUT2D eigenvalue weighted by Crippen LogP contribution is 2.28. The average Bonchev–Trinajstić information content (AvgIpc) is 3.25. The molecular formula is C46H46ClN3O8S. The van der Waals surface area contributed by atoms with Crippen LogP contribution in [-0.2, 0) is 20.7 Å². The molecule has 5 aromatic rings. The van der Waals surface area contributed by atoms with Crippen LogP contribution in [0.25, 0.3) is 0 Å². The first-order chi connectivity index (χ1) is 28.6. The Morgan fingerprint density at radius 1 is 0.729 bits per heavy atom. The fraction of sp³-hybridized carbons (Fsp3) is 0.261. The SMILES string of the molecule is CCCCCCCCCCC(Oc1ccc(S(=O)Oc2ccc(O)cc2)cc1)C(=O)Nc1ccc(Cl)c(NC(=O)C(Oc2ccc(C#N)cc2)C(=O)c2ccccc2)c1. The molecule has 0 radical (unpaired) electrons. The fourth-order valence-electron chi connectivity index (χ4n) is 5.98. The van der Waals surface area contributed by atoms with Crippen LogP contribution in [0.3, 0.4) is 0 Å². The van der Waals surface area contributed by atoms with Gasteiger partial charge < -0.3 is 29.4 Å². The molecule has 0 bridgehead atoms. The van der Waals surface area contributed by atoms with Crippen LogP contribution in [0.15, 0.2) is 126 Å². The third kappa shape index (κ3) is 13.7. The number of Topliss-reactive ketones (excluding diaryl/α,β-unsaturated/α-hetero) is 1. The Bertz CT molecular complexity index is 2210. The minimum atomic E-state index is -1.84. The molecule has 11 nitrogen and oxygen atoms in total. The first kappa shape index (κ1) is 44.0. The Morgan fingerprint density at radius 3 is 2.00 bits per heavy atom. The number of halogens is 1. The molecule has 0 saturated heterocycles. The zero-order valence-electron chi connectivity index (χ0n) is 32.6. The highest BCUT2D eigenvalue weighted by atomic mass is 35.5. The zero-order valence-corrected chi connectivity index (χ0v) is 34.2. The van der Waals surface area contributed by atoms with Crippen molar-refractivity contribution >= 4 is 51.7 Å². The molecule has 13 heteroatoms. The predicted molar refractivity (Wildman–Crippen MR) is 228 cm³/mol. The van der Waals surface area contributed by atoms with Gasteiger partial charge in [0, 0.05) is 11.3 Å². The number of nitriles is 1. The standard InChI is InChI=1S/C46H46ClN3O8S/c1-2-3-4-5-6-7-8-12-15-42(56-36-25-27-39(28-26-36)59(55)58-38-23-19-35(51)20-24-38)45(53)49-34-18-29-40(47)41(30-34)50-46(54)44(43(52)33-13-10-9-11-14-33)57-37-21-16-32(31-48)17-22-37/h9-11,13-14,16-30,42,44,51H,2-8,12,15H2,1H3,(H,49,53)(H,50,54). The third-order valence-corrected chi connectivity index (χ3v) is 10.5. The molecule has 3 atom stereocenters. The molecule has 0 heterocycles. The molecule has 0 saturated carbocycles. The molecule has 5 rings (SSSR count). The number of hydrogen-bond donors (Lipinski definition) is 3. The van der Waals surface area contributed by atoms with E-state index in [0.717, 1.165) is 25.7 Å². The smallest absolute Gasteiger partial charge is 0.273 e. The summed E-state index contributed by atoms with van der Waals surface area (Å²) in [5, 5.41) is 24.4. The molecule has 3 N–H and O–H groups in total. The van der Waals surface area contributed by atoms with Gasteiger partial charge in [-0.25, -0.2) is 4.21 Å². The molecule has 59 heavy (non-hydrogen) atoms. The number of phenolic OH excluding ortho intramolecular Hbond substituents is 1. The van der Waals surface area contributed by atoms with E-state index in [2.05, 4.69) is 17.6 Å². The van der Waals surface area contributed by atoms with Gasteiger partial charge in [-0.15, -0.1) is 0 Å². The van der Waals surface area contributed by atoms with Gasteiger partial charge >= 0.3 is 0 Å². The van der Waals surface area contributed by atoms with Gasteiger partial charge in [0.25, 0.3) is 11.8 Å². The molecule has 3 unspecified atom stereocenters. The Morgan fingerprint density at radius 2 is 1.34 bits per heavy atom. The van der Waals surface area contributed by atoms with Gasteiger partial charge in [0.15, 0.2) is 6.10 Å². The topological polar surface area (TPSA) is 164 Å². The number of amides is 2. The van der Waals surface area contributed by atoms with E-state index in [9.17, 15) is 29.0 Å². The lowest BCUT2D eigenvalue weighted by molar-refractivity contribution is -0.123. The van der Waals surface area contributed by atoms with E-state index in [1.54, 1.807) is 60.7 Å². The highest BCUT2D eigenvalue weighted by Gasteiger charge is 2.31. The number of aromatic hydroxyl groups is 1. The molecular weight excluding hydrogens is 790 g/mol. The number of carbonyl (C=O) groups excluding carboxylic acids is 3. The maximum atomic E-state index is 13.9. The molecule has 0 spiro atoms. The number of unbranched alkanes of at least 4 members (excludes halogenated alkanes) is 7. The number of ether oxygens (including phenoxy) is 2. The van der Waals surface area contributed by atoms with Crippen molar-refractivity contribution in [2.24, 2.45) is 0 Å². The Labute approximate surface area is 351 Å². The summed E-state index contributed by atoms with van der Waals surface area (Å²) in [7, 11) is 0. The van der Waals surface area contributed by atoms with Crippen molar-refractivity contribution in [1.82, 2.24) is 0 Å². The van der Waals surface area contributed by atoms with Crippen LogP contribution in [0, 0.1) is 11.3 Å². The maximum absolute atomic E-state index is 13.9. The van der Waals surface area contributed by atoms with E-state index in [1.165, 1.54) is 86.3 Å². The summed E-state index contributed by atoms with van der Waals surface area (Å²) < 4.78 is 30.4. The Kier molecular flexibility index (Phi) is 16.9. The van der Waals surface area contributed by atoms with E-state index in [0.29, 0.717) is 34.1 Å². The lowest BCUT2D eigenvalue weighted by atomic mass is 10.0. The summed E-state index contributed by atoms with van der Waals surface area (Å²) in [6, 6.07) is 33.1. The Hall–Kier alpha value is -6.16. The summed E-state index contributed by atoms with van der Waals surface area (Å²) in [5.74, 6) is -0.863. The van der Waals surface area contributed by atoms with Crippen molar-refractivity contribution in [2.45, 2.75) is 81.8 Å². The molecule has 306 valence electrons. The van der Waals surface area contributed by atoms with Crippen molar-refractivity contribution in [2.75, 3.05) is 10.6 Å². The van der Waals surface area contributed by atoms with Crippen LogP contribution < -0.4 is 24.3 Å². The molecule has 0 aliphatic rings. The normalized spacial score (nSPS) is 12.3. The first-order valence-corrected chi connectivity index (χ1v) is 20.9. The average molecular weight is 836 g/mol. The number of ketones is 1. The number of hydrogen-bond acceptors (Lipinski definition) is 9. The predicted octanol–water partition coefficient (Wildman–Crippen LogP) is 10.2. The molecule has 0 aliphatic carbocycles. The zero-order chi connectivity index (χ0) is 42.0. The third-order valence-electron chi connectivity index (χ3n) is 9.18. The minimum Gasteiger partial charge on any atom is -0.508 e. The van der Waals surface area contributed by atoms with Crippen LogP contribution in [0.4, 0.5) is 11.4 Å². The number of anilines is 2. The van der Waals surface area contributed by atoms with E-state index >= 15 is 0 Å². The molecule has 5 aromatic carbocycles. The number of rotatable bonds is 22. The molecule has 0 aliphatic heterocycles. The van der Waals surface area contributed by atoms with Crippen molar-refractivity contribution in [1.29, 1.82) is 5.26 Å². The van der Waals surface area contributed by atoms with Crippen molar-refractivity contribution < 1.29 is 37.4 Å². The summed E-state index contributed by atoms with van der Waals surface area (Å²) in [4.78, 5) is 41.6. The number of benzene rings is 5. The van der Waals surface area contributed by atoms with Crippen molar-refractivity contribution in [3.63, 3.8) is 0 Å². The maximum Gasteiger partial charge on any atom is 0.273 e. The van der Waals surface area contributed by atoms with Crippen LogP contribution in [-0.4, -0.2) is 39.1 Å². The summed E-state index contributed by atoms with van der Waals surface area (Å²) in [5.41, 5.74) is 1.08. The van der Waals surface area contributed by atoms with E-state index in [4.69, 9.17) is 25.3 Å². The number of nitrogens with zero attached hydrogens (tertiary/aromatic N) is 1. The van der Waals surface area contributed by atoms with E-state index < -0.39 is 40.9 Å². The van der Waals surface area contributed by atoms with Crippen LogP contribution in [0.1, 0.15) is 80.6 Å². The van der Waals surface area contributed by atoms with Crippen LogP contribution in [0.2, 0.25) is 5.02 Å². The van der Waals surface area contributed by atoms with Gasteiger partial charge in [0.2, 0.25) is 23.0 Å². The quantitative estimate of drug-likeness (QED) is 0.0350. The van der Waals surface area contributed by atoms with Crippen LogP contribution >= 0.6 is 11.6 Å². The highest BCUT2D eigenvalue weighted by molar-refractivity contribution is 7.80. The lowest BCUT2D eigenvalue weighted by Crippen LogP contribution is -2.40. The first-order valence-electron chi connectivity index (χ1n) is 19.5. The minimum absolute atomic E-state index is 0.0614. The number of phenols is 1. The van der Waals surface area contributed by atoms with E-state index in [-0.39, 0.29) is 27.8 Å². The van der Waals surface area contributed by atoms with Gasteiger partial charge in [0.05, 0.1) is 27.2 Å². The van der Waals surface area contributed by atoms with Crippen LogP contribution in [0.5, 0.6) is 23.0 Å². The largest absolute Gasteiger partial charge is 0.508 e. The Balaban J connectivity index is 1.28. The van der Waals surface area contributed by atoms with Crippen molar-refractivity contribution in [3.05, 3.63) is 137 Å². The molecule has 2 amide bonds. The van der Waals surface area contributed by atoms with Gasteiger partial charge in [-0.1, -0.05) is 93.8 Å². The summed E-state index contributed by atoms with van der Waals surface area (Å²) in [6.45, 7) is 2.19. The summed E-state index contributed by atoms with van der Waals surface area (Å²) >= 11 is 4.68. The second-order valence-corrected chi connectivity index (χ2v) is 15.2. The molecule has 0 fully saturated rings. The van der Waals surface area contributed by atoms with Gasteiger partial charge in [-0.05, 0) is 104 Å². The number of nitrogens with one attached hydrogen (secondary N) is 2. The van der Waals surface area contributed by atoms with Gasteiger partial charge in [-0.2, -0.15) is 5.26 Å².